The van der Waals surface area contributed by atoms with Crippen LogP contribution in [0.1, 0.15) is 38.5 Å². The van der Waals surface area contributed by atoms with Crippen LogP contribution in [0, 0.1) is 0 Å². The highest BCUT2D eigenvalue weighted by Gasteiger charge is 2.14. The maximum absolute atomic E-state index is 5.62. The van der Waals surface area contributed by atoms with E-state index in [1.54, 1.807) is 5.57 Å². The second kappa shape index (κ2) is 5.52. The maximum atomic E-state index is 5.62. The number of hydrogen-bond donors (Lipinski definition) is 1. The van der Waals surface area contributed by atoms with Crippen LogP contribution >= 0.6 is 0 Å². The van der Waals surface area contributed by atoms with E-state index in [1.807, 2.05) is 0 Å². The Morgan fingerprint density at radius 3 is 3.14 bits per heavy atom. The molecule has 14 heavy (non-hydrogen) atoms. The summed E-state index contributed by atoms with van der Waals surface area (Å²) in [6.45, 7) is 3.34. The summed E-state index contributed by atoms with van der Waals surface area (Å²) in [6, 6.07) is 0. The molecule has 0 aliphatic carbocycles. The third-order valence-corrected chi connectivity index (χ3v) is 3.17. The molecule has 2 nitrogen and oxygen atoms in total. The van der Waals surface area contributed by atoms with Crippen LogP contribution < -0.4 is 5.32 Å². The van der Waals surface area contributed by atoms with Crippen LogP contribution in [0.25, 0.3) is 0 Å². The first kappa shape index (κ1) is 10.2. The molecule has 2 heterocycles. The standard InChI is InChI=1S/C12H21NO/c1-3-11(7-9-13-8-1)5-6-12-4-2-10-14-12/h5,12-13H,1-4,6-10H2/b11-5-. The van der Waals surface area contributed by atoms with Gasteiger partial charge in [-0.05, 0) is 51.6 Å². The van der Waals surface area contributed by atoms with E-state index in [-0.39, 0.29) is 0 Å². The maximum Gasteiger partial charge on any atom is 0.0610 e. The van der Waals surface area contributed by atoms with Gasteiger partial charge in [0.2, 0.25) is 0 Å². The van der Waals surface area contributed by atoms with Crippen LogP contribution in [0.4, 0.5) is 0 Å². The fourth-order valence-electron chi connectivity index (χ4n) is 2.27. The van der Waals surface area contributed by atoms with E-state index in [4.69, 9.17) is 4.74 Å². The summed E-state index contributed by atoms with van der Waals surface area (Å²) in [4.78, 5) is 0. The molecule has 0 aromatic carbocycles. The van der Waals surface area contributed by atoms with Crippen molar-refractivity contribution in [2.75, 3.05) is 19.7 Å². The topological polar surface area (TPSA) is 21.3 Å². The van der Waals surface area contributed by atoms with Crippen molar-refractivity contribution in [1.82, 2.24) is 5.32 Å². The first-order valence-electron chi connectivity index (χ1n) is 5.95. The molecule has 0 amide bonds. The van der Waals surface area contributed by atoms with E-state index in [9.17, 15) is 0 Å². The Balaban J connectivity index is 1.76. The molecule has 2 saturated heterocycles. The lowest BCUT2D eigenvalue weighted by molar-refractivity contribution is 0.113. The average molecular weight is 195 g/mol. The summed E-state index contributed by atoms with van der Waals surface area (Å²) < 4.78 is 5.62. The van der Waals surface area contributed by atoms with Crippen molar-refractivity contribution < 1.29 is 4.74 Å². The highest BCUT2D eigenvalue weighted by Crippen LogP contribution is 2.19. The van der Waals surface area contributed by atoms with Gasteiger partial charge in [-0.15, -0.1) is 0 Å². The average Bonchev–Trinajstić information content (AvgIpc) is 2.58. The van der Waals surface area contributed by atoms with Gasteiger partial charge in [-0.1, -0.05) is 11.6 Å². The molecule has 0 aromatic heterocycles. The molecule has 2 aliphatic rings. The molecule has 0 spiro atoms. The Bertz CT molecular complexity index is 184. The molecule has 0 saturated carbocycles. The summed E-state index contributed by atoms with van der Waals surface area (Å²) in [6.07, 6.45) is 10.5. The van der Waals surface area contributed by atoms with E-state index in [1.165, 1.54) is 38.6 Å². The molecule has 1 N–H and O–H groups in total. The van der Waals surface area contributed by atoms with Gasteiger partial charge < -0.3 is 10.1 Å². The minimum Gasteiger partial charge on any atom is -0.378 e. The zero-order chi connectivity index (χ0) is 9.64. The van der Waals surface area contributed by atoms with Gasteiger partial charge in [0.15, 0.2) is 0 Å². The summed E-state index contributed by atoms with van der Waals surface area (Å²) in [5.41, 5.74) is 1.64. The Morgan fingerprint density at radius 1 is 1.29 bits per heavy atom. The molecule has 0 aromatic rings. The second-order valence-electron chi connectivity index (χ2n) is 4.34. The van der Waals surface area contributed by atoms with E-state index in [2.05, 4.69) is 11.4 Å². The lowest BCUT2D eigenvalue weighted by atomic mass is 10.0. The van der Waals surface area contributed by atoms with E-state index < -0.39 is 0 Å². The Morgan fingerprint density at radius 2 is 2.29 bits per heavy atom. The van der Waals surface area contributed by atoms with Gasteiger partial charge in [-0.3, -0.25) is 0 Å². The van der Waals surface area contributed by atoms with E-state index in [0.29, 0.717) is 6.10 Å². The Kier molecular flexibility index (Phi) is 4.02. The lowest BCUT2D eigenvalue weighted by Gasteiger charge is -2.07. The number of ether oxygens (including phenoxy) is 1. The number of hydrogen-bond acceptors (Lipinski definition) is 2. The first-order chi connectivity index (χ1) is 6.95. The molecular formula is C12H21NO. The van der Waals surface area contributed by atoms with Crippen molar-refractivity contribution in [3.8, 4) is 0 Å². The molecule has 0 bridgehead atoms. The van der Waals surface area contributed by atoms with Gasteiger partial charge >= 0.3 is 0 Å². The fourth-order valence-corrected chi connectivity index (χ4v) is 2.27. The zero-order valence-corrected chi connectivity index (χ0v) is 8.93. The van der Waals surface area contributed by atoms with Crippen LogP contribution in [-0.2, 0) is 4.74 Å². The quantitative estimate of drug-likeness (QED) is 0.682. The molecule has 2 rings (SSSR count). The fraction of sp³-hybridized carbons (Fsp3) is 0.833. The highest BCUT2D eigenvalue weighted by molar-refractivity contribution is 5.04. The van der Waals surface area contributed by atoms with Crippen molar-refractivity contribution in [1.29, 1.82) is 0 Å². The van der Waals surface area contributed by atoms with Gasteiger partial charge in [0.05, 0.1) is 6.10 Å². The van der Waals surface area contributed by atoms with Crippen molar-refractivity contribution in [3.05, 3.63) is 11.6 Å². The molecule has 0 radical (unpaired) electrons. The van der Waals surface area contributed by atoms with Gasteiger partial charge in [-0.25, -0.2) is 0 Å². The molecule has 2 aliphatic heterocycles. The minimum absolute atomic E-state index is 0.527. The van der Waals surface area contributed by atoms with Crippen LogP contribution in [0.3, 0.4) is 0 Å². The Hall–Kier alpha value is -0.340. The summed E-state index contributed by atoms with van der Waals surface area (Å²) in [5, 5.41) is 3.43. The summed E-state index contributed by atoms with van der Waals surface area (Å²) >= 11 is 0. The summed E-state index contributed by atoms with van der Waals surface area (Å²) in [5.74, 6) is 0. The molecule has 2 fully saturated rings. The largest absolute Gasteiger partial charge is 0.378 e. The third-order valence-electron chi connectivity index (χ3n) is 3.17. The number of rotatable bonds is 2. The third kappa shape index (κ3) is 3.10. The monoisotopic (exact) mass is 195 g/mol. The lowest BCUT2D eigenvalue weighted by Crippen LogP contribution is -2.13. The SMILES string of the molecule is C(/CC1CCCO1)=C1\CCCNCC1. The zero-order valence-electron chi connectivity index (χ0n) is 8.93. The molecule has 1 unspecified atom stereocenters. The molecular weight excluding hydrogens is 174 g/mol. The van der Waals surface area contributed by atoms with Crippen molar-refractivity contribution in [3.63, 3.8) is 0 Å². The van der Waals surface area contributed by atoms with Crippen molar-refractivity contribution in [2.45, 2.75) is 44.6 Å². The predicted molar refractivity (Wildman–Crippen MR) is 58.4 cm³/mol. The van der Waals surface area contributed by atoms with Crippen LogP contribution in [0.15, 0.2) is 11.6 Å². The second-order valence-corrected chi connectivity index (χ2v) is 4.34. The van der Waals surface area contributed by atoms with Crippen LogP contribution in [-0.4, -0.2) is 25.8 Å². The Labute approximate surface area is 86.7 Å². The number of nitrogens with one attached hydrogen (secondary N) is 1. The van der Waals surface area contributed by atoms with Gasteiger partial charge in [0.25, 0.3) is 0 Å². The highest BCUT2D eigenvalue weighted by atomic mass is 16.5. The van der Waals surface area contributed by atoms with Crippen LogP contribution in [0.5, 0.6) is 0 Å². The summed E-state index contributed by atoms with van der Waals surface area (Å²) in [7, 11) is 0. The van der Waals surface area contributed by atoms with Gasteiger partial charge in [0, 0.05) is 6.61 Å². The van der Waals surface area contributed by atoms with Gasteiger partial charge in [0.1, 0.15) is 0 Å². The molecule has 80 valence electrons. The van der Waals surface area contributed by atoms with E-state index in [0.717, 1.165) is 19.6 Å². The normalized spacial score (nSPS) is 32.0. The van der Waals surface area contributed by atoms with Crippen molar-refractivity contribution >= 4 is 0 Å². The van der Waals surface area contributed by atoms with E-state index >= 15 is 0 Å². The smallest absolute Gasteiger partial charge is 0.0610 e. The van der Waals surface area contributed by atoms with Gasteiger partial charge in [-0.2, -0.15) is 0 Å². The van der Waals surface area contributed by atoms with Crippen molar-refractivity contribution in [2.24, 2.45) is 0 Å². The molecule has 2 heteroatoms. The first-order valence-corrected chi connectivity index (χ1v) is 5.95. The molecule has 1 atom stereocenters. The predicted octanol–water partition coefficient (Wildman–Crippen LogP) is 2.26. The van der Waals surface area contributed by atoms with Crippen LogP contribution in [0.2, 0.25) is 0 Å². The minimum atomic E-state index is 0.527.